The lowest BCUT2D eigenvalue weighted by Gasteiger charge is -2.04. The quantitative estimate of drug-likeness (QED) is 0.676. The van der Waals surface area contributed by atoms with Crippen molar-refractivity contribution in [2.45, 2.75) is 6.92 Å². The van der Waals surface area contributed by atoms with E-state index >= 15 is 0 Å². The van der Waals surface area contributed by atoms with Gasteiger partial charge in [0.05, 0.1) is 5.71 Å². The number of nitrogens with one attached hydrogen (secondary N) is 1. The molecular weight excluding hydrogens is 242 g/mol. The molecule has 0 spiro atoms. The van der Waals surface area contributed by atoms with Crippen LogP contribution in [-0.4, -0.2) is 17.5 Å². The first-order valence-corrected chi connectivity index (χ1v) is 5.94. The minimum Gasteiger partial charge on any atom is -0.454 e. The molecular formula is C14H13N3O2. The smallest absolute Gasteiger partial charge is 0.231 e. The Morgan fingerprint density at radius 2 is 2.11 bits per heavy atom. The van der Waals surface area contributed by atoms with Gasteiger partial charge in [0.15, 0.2) is 11.5 Å². The lowest BCUT2D eigenvalue weighted by atomic mass is 10.1. The van der Waals surface area contributed by atoms with Gasteiger partial charge in [-0.1, -0.05) is 6.07 Å². The molecule has 1 N–H and O–H groups in total. The number of anilines is 1. The van der Waals surface area contributed by atoms with E-state index in [1.807, 2.05) is 43.3 Å². The molecule has 5 nitrogen and oxygen atoms in total. The summed E-state index contributed by atoms with van der Waals surface area (Å²) in [5.41, 5.74) is 4.75. The number of rotatable bonds is 3. The minimum absolute atomic E-state index is 0.279. The van der Waals surface area contributed by atoms with Crippen molar-refractivity contribution >= 4 is 11.5 Å². The van der Waals surface area contributed by atoms with Crippen LogP contribution in [0.4, 0.5) is 5.82 Å². The zero-order valence-electron chi connectivity index (χ0n) is 10.5. The molecule has 0 fully saturated rings. The minimum atomic E-state index is 0.279. The van der Waals surface area contributed by atoms with Gasteiger partial charge in [0.25, 0.3) is 0 Å². The average molecular weight is 255 g/mol. The van der Waals surface area contributed by atoms with E-state index in [2.05, 4.69) is 15.5 Å². The number of aromatic nitrogens is 1. The van der Waals surface area contributed by atoms with Crippen molar-refractivity contribution in [3.8, 4) is 11.5 Å². The van der Waals surface area contributed by atoms with E-state index in [4.69, 9.17) is 9.47 Å². The first-order chi connectivity index (χ1) is 9.33. The molecule has 2 heterocycles. The van der Waals surface area contributed by atoms with Crippen LogP contribution < -0.4 is 14.9 Å². The van der Waals surface area contributed by atoms with Gasteiger partial charge in [-0.25, -0.2) is 4.98 Å². The van der Waals surface area contributed by atoms with Gasteiger partial charge < -0.3 is 9.47 Å². The maximum atomic E-state index is 5.34. The molecule has 1 aliphatic heterocycles. The summed E-state index contributed by atoms with van der Waals surface area (Å²) in [6, 6.07) is 11.4. The lowest BCUT2D eigenvalue weighted by Crippen LogP contribution is -2.00. The van der Waals surface area contributed by atoms with Crippen molar-refractivity contribution in [3.05, 3.63) is 48.2 Å². The molecule has 0 radical (unpaired) electrons. The van der Waals surface area contributed by atoms with Gasteiger partial charge in [-0.3, -0.25) is 5.43 Å². The molecule has 1 aromatic carbocycles. The molecule has 0 amide bonds. The van der Waals surface area contributed by atoms with Crippen LogP contribution in [0, 0.1) is 0 Å². The van der Waals surface area contributed by atoms with Gasteiger partial charge in [0.1, 0.15) is 5.82 Å². The van der Waals surface area contributed by atoms with Crippen LogP contribution in [0.1, 0.15) is 12.5 Å². The van der Waals surface area contributed by atoms with Gasteiger partial charge in [-0.15, -0.1) is 0 Å². The predicted octanol–water partition coefficient (Wildman–Crippen LogP) is 2.65. The summed E-state index contributed by atoms with van der Waals surface area (Å²) in [4.78, 5) is 4.14. The topological polar surface area (TPSA) is 55.7 Å². The molecule has 0 unspecified atom stereocenters. The highest BCUT2D eigenvalue weighted by Crippen LogP contribution is 2.32. The van der Waals surface area contributed by atoms with Gasteiger partial charge in [0.2, 0.25) is 6.79 Å². The van der Waals surface area contributed by atoms with Crippen molar-refractivity contribution in [1.82, 2.24) is 4.98 Å². The highest BCUT2D eigenvalue weighted by atomic mass is 16.7. The van der Waals surface area contributed by atoms with Crippen LogP contribution in [0.25, 0.3) is 0 Å². The lowest BCUT2D eigenvalue weighted by molar-refractivity contribution is 0.174. The molecule has 3 rings (SSSR count). The summed E-state index contributed by atoms with van der Waals surface area (Å²) in [6.45, 7) is 2.20. The number of fused-ring (bicyclic) bond motifs is 1. The van der Waals surface area contributed by atoms with Gasteiger partial charge >= 0.3 is 0 Å². The van der Waals surface area contributed by atoms with Crippen LogP contribution in [-0.2, 0) is 0 Å². The van der Waals surface area contributed by atoms with Crippen LogP contribution in [0.2, 0.25) is 0 Å². The molecule has 19 heavy (non-hydrogen) atoms. The fourth-order valence-corrected chi connectivity index (χ4v) is 1.76. The molecule has 2 aromatic rings. The predicted molar refractivity (Wildman–Crippen MR) is 72.6 cm³/mol. The van der Waals surface area contributed by atoms with E-state index < -0.39 is 0 Å². The Morgan fingerprint density at radius 1 is 1.21 bits per heavy atom. The number of benzene rings is 1. The highest BCUT2D eigenvalue weighted by Gasteiger charge is 2.13. The zero-order chi connectivity index (χ0) is 13.1. The van der Waals surface area contributed by atoms with E-state index in [1.165, 1.54) is 0 Å². The first-order valence-electron chi connectivity index (χ1n) is 5.94. The second-order valence-corrected chi connectivity index (χ2v) is 4.09. The zero-order valence-corrected chi connectivity index (χ0v) is 10.5. The molecule has 0 atom stereocenters. The van der Waals surface area contributed by atoms with E-state index in [-0.39, 0.29) is 6.79 Å². The van der Waals surface area contributed by atoms with E-state index in [0.29, 0.717) is 5.82 Å². The number of nitrogens with zero attached hydrogens (tertiary/aromatic N) is 2. The van der Waals surface area contributed by atoms with Crippen molar-refractivity contribution in [3.63, 3.8) is 0 Å². The Morgan fingerprint density at radius 3 is 2.95 bits per heavy atom. The third-order valence-electron chi connectivity index (χ3n) is 2.79. The van der Waals surface area contributed by atoms with Crippen molar-refractivity contribution < 1.29 is 9.47 Å². The first kappa shape index (κ1) is 11.5. The SMILES string of the molecule is C/C(=N/Nc1ccccn1)c1ccc2c(c1)OCO2. The molecule has 0 aliphatic carbocycles. The van der Waals surface area contributed by atoms with Crippen LogP contribution in [0.15, 0.2) is 47.7 Å². The molecule has 0 bridgehead atoms. The van der Waals surface area contributed by atoms with E-state index in [0.717, 1.165) is 22.8 Å². The number of pyridine rings is 1. The van der Waals surface area contributed by atoms with Crippen molar-refractivity contribution in [2.24, 2.45) is 5.10 Å². The maximum Gasteiger partial charge on any atom is 0.231 e. The standard InChI is InChI=1S/C14H13N3O2/c1-10(16-17-14-4-2-3-7-15-14)11-5-6-12-13(8-11)19-9-18-12/h2-8H,9H2,1H3,(H,15,17)/b16-10-. The molecule has 96 valence electrons. The van der Waals surface area contributed by atoms with Crippen LogP contribution in [0.5, 0.6) is 11.5 Å². The summed E-state index contributed by atoms with van der Waals surface area (Å²) in [7, 11) is 0. The number of hydrazone groups is 1. The third-order valence-corrected chi connectivity index (χ3v) is 2.79. The average Bonchev–Trinajstić information content (AvgIpc) is 2.93. The Labute approximate surface area is 110 Å². The van der Waals surface area contributed by atoms with Crippen molar-refractivity contribution in [2.75, 3.05) is 12.2 Å². The van der Waals surface area contributed by atoms with Gasteiger partial charge in [-0.05, 0) is 37.3 Å². The summed E-state index contributed by atoms with van der Waals surface area (Å²) in [6.07, 6.45) is 1.72. The number of hydrogen-bond donors (Lipinski definition) is 1. The Hall–Kier alpha value is -2.56. The summed E-state index contributed by atoms with van der Waals surface area (Å²) >= 11 is 0. The number of ether oxygens (including phenoxy) is 2. The largest absolute Gasteiger partial charge is 0.454 e. The number of hydrogen-bond acceptors (Lipinski definition) is 5. The van der Waals surface area contributed by atoms with E-state index in [9.17, 15) is 0 Å². The normalized spacial score (nSPS) is 13.4. The van der Waals surface area contributed by atoms with Crippen LogP contribution >= 0.6 is 0 Å². The second kappa shape index (κ2) is 4.97. The van der Waals surface area contributed by atoms with Gasteiger partial charge in [0, 0.05) is 11.8 Å². The Kier molecular flexibility index (Phi) is 3.02. The third kappa shape index (κ3) is 2.49. The highest BCUT2D eigenvalue weighted by molar-refractivity contribution is 5.99. The summed E-state index contributed by atoms with van der Waals surface area (Å²) < 4.78 is 10.6. The fraction of sp³-hybridized carbons (Fsp3) is 0.143. The van der Waals surface area contributed by atoms with Crippen LogP contribution in [0.3, 0.4) is 0 Å². The summed E-state index contributed by atoms with van der Waals surface area (Å²) in [5, 5.41) is 4.30. The molecule has 1 aliphatic rings. The second-order valence-electron chi connectivity index (χ2n) is 4.09. The fourth-order valence-electron chi connectivity index (χ4n) is 1.76. The Bertz CT molecular complexity index is 611. The molecule has 0 saturated heterocycles. The maximum absolute atomic E-state index is 5.34. The van der Waals surface area contributed by atoms with Crippen molar-refractivity contribution in [1.29, 1.82) is 0 Å². The van der Waals surface area contributed by atoms with E-state index in [1.54, 1.807) is 6.20 Å². The summed E-state index contributed by atoms with van der Waals surface area (Å²) in [5.74, 6) is 2.24. The molecule has 5 heteroatoms. The van der Waals surface area contributed by atoms with Gasteiger partial charge in [-0.2, -0.15) is 5.10 Å². The molecule has 1 aromatic heterocycles. The Balaban J connectivity index is 1.78. The monoisotopic (exact) mass is 255 g/mol. The molecule has 0 saturated carbocycles.